The molecule has 2 rings (SSSR count). The van der Waals surface area contributed by atoms with Crippen molar-refractivity contribution in [2.24, 2.45) is 0 Å². The molecule has 2 aromatic carbocycles. The molecule has 5 heteroatoms. The Kier molecular flexibility index (Phi) is 5.74. The first kappa shape index (κ1) is 16.5. The average molecular weight is 314 g/mol. The van der Waals surface area contributed by atoms with Gasteiger partial charge < -0.3 is 14.6 Å². The normalized spacial score (nSPS) is 10.1. The standard InChI is InChI=1S/C18H18O5/c1-22-16-8-6-13(11-19)10-15(16)12-23-17-5-3-2-4-14(17)7-9-18(20)21/h2-6,8,10-11H,7,9,12H2,1H3,(H,20,21). The van der Waals surface area contributed by atoms with Gasteiger partial charge in [-0.25, -0.2) is 0 Å². The van der Waals surface area contributed by atoms with E-state index in [1.165, 1.54) is 0 Å². The maximum Gasteiger partial charge on any atom is 0.303 e. The Balaban J connectivity index is 2.14. The highest BCUT2D eigenvalue weighted by molar-refractivity contribution is 5.75. The molecule has 0 amide bonds. The van der Waals surface area contributed by atoms with Crippen LogP contribution in [0.3, 0.4) is 0 Å². The van der Waals surface area contributed by atoms with Crippen molar-refractivity contribution in [3.8, 4) is 11.5 Å². The highest BCUT2D eigenvalue weighted by atomic mass is 16.5. The molecular formula is C18H18O5. The zero-order chi connectivity index (χ0) is 16.7. The molecule has 5 nitrogen and oxygen atoms in total. The zero-order valence-electron chi connectivity index (χ0n) is 12.8. The molecule has 2 aromatic rings. The van der Waals surface area contributed by atoms with Crippen LogP contribution < -0.4 is 9.47 Å². The number of hydrogen-bond donors (Lipinski definition) is 1. The average Bonchev–Trinajstić information content (AvgIpc) is 2.58. The summed E-state index contributed by atoms with van der Waals surface area (Å²) in [5, 5.41) is 8.81. The van der Waals surface area contributed by atoms with Crippen LogP contribution in [0, 0.1) is 0 Å². The van der Waals surface area contributed by atoms with Gasteiger partial charge in [0.25, 0.3) is 0 Å². The fraction of sp³-hybridized carbons (Fsp3) is 0.222. The van der Waals surface area contributed by atoms with Crippen LogP contribution >= 0.6 is 0 Å². The summed E-state index contributed by atoms with van der Waals surface area (Å²) in [4.78, 5) is 21.6. The Morgan fingerprint density at radius 2 is 1.91 bits per heavy atom. The van der Waals surface area contributed by atoms with E-state index in [2.05, 4.69) is 0 Å². The first-order valence-electron chi connectivity index (χ1n) is 7.18. The first-order chi connectivity index (χ1) is 11.1. The van der Waals surface area contributed by atoms with Crippen LogP contribution in [0.2, 0.25) is 0 Å². The molecule has 0 aromatic heterocycles. The number of methoxy groups -OCH3 is 1. The number of carboxylic acid groups (broad SMARTS) is 1. The summed E-state index contributed by atoms with van der Waals surface area (Å²) in [6.07, 6.45) is 1.21. The summed E-state index contributed by atoms with van der Waals surface area (Å²) in [7, 11) is 1.56. The van der Waals surface area contributed by atoms with Gasteiger partial charge in [-0.15, -0.1) is 0 Å². The van der Waals surface area contributed by atoms with E-state index in [9.17, 15) is 9.59 Å². The lowest BCUT2D eigenvalue weighted by molar-refractivity contribution is -0.136. The molecule has 0 unspecified atom stereocenters. The van der Waals surface area contributed by atoms with Crippen LogP contribution in [-0.2, 0) is 17.8 Å². The molecule has 0 aliphatic rings. The van der Waals surface area contributed by atoms with Crippen LogP contribution in [0.4, 0.5) is 0 Å². The lowest BCUT2D eigenvalue weighted by atomic mass is 10.1. The topological polar surface area (TPSA) is 72.8 Å². The van der Waals surface area contributed by atoms with Crippen LogP contribution in [0.15, 0.2) is 42.5 Å². The maximum atomic E-state index is 10.9. The summed E-state index contributed by atoms with van der Waals surface area (Å²) in [6, 6.07) is 12.4. The molecule has 0 aliphatic heterocycles. The van der Waals surface area contributed by atoms with Crippen molar-refractivity contribution in [1.29, 1.82) is 0 Å². The smallest absolute Gasteiger partial charge is 0.303 e. The molecule has 0 bridgehead atoms. The number of ether oxygens (including phenoxy) is 2. The predicted octanol–water partition coefficient (Wildman–Crippen LogP) is 3.10. The molecule has 0 radical (unpaired) electrons. The molecule has 0 heterocycles. The number of hydrogen-bond acceptors (Lipinski definition) is 4. The Bertz CT molecular complexity index is 694. The maximum absolute atomic E-state index is 10.9. The van der Waals surface area contributed by atoms with E-state index in [-0.39, 0.29) is 13.0 Å². The van der Waals surface area contributed by atoms with Crippen LogP contribution in [0.25, 0.3) is 0 Å². The van der Waals surface area contributed by atoms with E-state index in [0.29, 0.717) is 23.5 Å². The largest absolute Gasteiger partial charge is 0.496 e. The lowest BCUT2D eigenvalue weighted by Gasteiger charge is -2.13. The summed E-state index contributed by atoms with van der Waals surface area (Å²) in [5.74, 6) is 0.422. The second-order valence-corrected chi connectivity index (χ2v) is 4.98. The van der Waals surface area contributed by atoms with Gasteiger partial charge in [-0.3, -0.25) is 9.59 Å². The highest BCUT2D eigenvalue weighted by Gasteiger charge is 2.09. The molecular weight excluding hydrogens is 296 g/mol. The van der Waals surface area contributed by atoms with Gasteiger partial charge >= 0.3 is 5.97 Å². The predicted molar refractivity (Wildman–Crippen MR) is 85.1 cm³/mol. The number of carbonyl (C=O) groups excluding carboxylic acids is 1. The molecule has 0 atom stereocenters. The monoisotopic (exact) mass is 314 g/mol. The molecule has 0 saturated heterocycles. The van der Waals surface area contributed by atoms with E-state index in [0.717, 1.165) is 17.4 Å². The molecule has 1 N–H and O–H groups in total. The van der Waals surface area contributed by atoms with E-state index in [1.54, 1.807) is 31.4 Å². The number of aldehydes is 1. The van der Waals surface area contributed by atoms with E-state index in [4.69, 9.17) is 14.6 Å². The van der Waals surface area contributed by atoms with Crippen molar-refractivity contribution in [2.75, 3.05) is 7.11 Å². The fourth-order valence-corrected chi connectivity index (χ4v) is 2.23. The third-order valence-corrected chi connectivity index (χ3v) is 3.40. The molecule has 0 spiro atoms. The minimum atomic E-state index is -0.847. The Morgan fingerprint density at radius 3 is 2.61 bits per heavy atom. The summed E-state index contributed by atoms with van der Waals surface area (Å²) < 4.78 is 11.1. The highest BCUT2D eigenvalue weighted by Crippen LogP contribution is 2.24. The van der Waals surface area contributed by atoms with Crippen LogP contribution in [0.1, 0.15) is 27.9 Å². The third-order valence-electron chi connectivity index (χ3n) is 3.40. The number of aliphatic carboxylic acids is 1. The SMILES string of the molecule is COc1ccc(C=O)cc1COc1ccccc1CCC(=O)O. The Labute approximate surface area is 134 Å². The molecule has 23 heavy (non-hydrogen) atoms. The van der Waals surface area contributed by atoms with Gasteiger partial charge in [-0.05, 0) is 36.2 Å². The van der Waals surface area contributed by atoms with Crippen LogP contribution in [-0.4, -0.2) is 24.5 Å². The van der Waals surface area contributed by atoms with Gasteiger partial charge in [-0.1, -0.05) is 18.2 Å². The van der Waals surface area contributed by atoms with Gasteiger partial charge in [0.2, 0.25) is 0 Å². The lowest BCUT2D eigenvalue weighted by Crippen LogP contribution is -2.03. The van der Waals surface area contributed by atoms with Crippen molar-refractivity contribution >= 4 is 12.3 Å². The van der Waals surface area contributed by atoms with E-state index in [1.807, 2.05) is 18.2 Å². The number of benzene rings is 2. The minimum absolute atomic E-state index is 0.0460. The Morgan fingerprint density at radius 1 is 1.13 bits per heavy atom. The van der Waals surface area contributed by atoms with Gasteiger partial charge in [0.1, 0.15) is 24.4 Å². The van der Waals surface area contributed by atoms with E-state index >= 15 is 0 Å². The number of carboxylic acids is 1. The fourth-order valence-electron chi connectivity index (χ4n) is 2.23. The zero-order valence-corrected chi connectivity index (χ0v) is 12.8. The van der Waals surface area contributed by atoms with Crippen molar-refractivity contribution in [2.45, 2.75) is 19.4 Å². The number of rotatable bonds is 8. The molecule has 0 saturated carbocycles. The van der Waals surface area contributed by atoms with Gasteiger partial charge in [0.05, 0.1) is 7.11 Å². The second-order valence-electron chi connectivity index (χ2n) is 4.98. The summed E-state index contributed by atoms with van der Waals surface area (Å²) >= 11 is 0. The number of carbonyl (C=O) groups is 2. The van der Waals surface area contributed by atoms with E-state index < -0.39 is 5.97 Å². The minimum Gasteiger partial charge on any atom is -0.496 e. The molecule has 0 fully saturated rings. The number of para-hydroxylation sites is 1. The molecule has 0 aliphatic carbocycles. The summed E-state index contributed by atoms with van der Waals surface area (Å²) in [5.41, 5.74) is 2.13. The van der Waals surface area contributed by atoms with Gasteiger partial charge in [0, 0.05) is 17.5 Å². The van der Waals surface area contributed by atoms with Crippen molar-refractivity contribution in [3.05, 3.63) is 59.2 Å². The van der Waals surface area contributed by atoms with Crippen molar-refractivity contribution in [3.63, 3.8) is 0 Å². The first-order valence-corrected chi connectivity index (χ1v) is 7.18. The van der Waals surface area contributed by atoms with Crippen LogP contribution in [0.5, 0.6) is 11.5 Å². The quantitative estimate of drug-likeness (QED) is 0.758. The van der Waals surface area contributed by atoms with Crippen molar-refractivity contribution in [1.82, 2.24) is 0 Å². The van der Waals surface area contributed by atoms with Gasteiger partial charge in [0.15, 0.2) is 0 Å². The van der Waals surface area contributed by atoms with Gasteiger partial charge in [-0.2, -0.15) is 0 Å². The third kappa shape index (κ3) is 4.57. The summed E-state index contributed by atoms with van der Waals surface area (Å²) in [6.45, 7) is 0.231. The Hall–Kier alpha value is -2.82. The van der Waals surface area contributed by atoms with Crippen molar-refractivity contribution < 1.29 is 24.2 Å². The molecule has 120 valence electrons. The second kappa shape index (κ2) is 7.98. The number of aryl methyl sites for hydroxylation is 1.